The van der Waals surface area contributed by atoms with Gasteiger partial charge in [-0.15, -0.1) is 0 Å². The van der Waals surface area contributed by atoms with Crippen LogP contribution < -0.4 is 4.74 Å². The first kappa shape index (κ1) is 18.5. The van der Waals surface area contributed by atoms with E-state index in [2.05, 4.69) is 0 Å². The van der Waals surface area contributed by atoms with Crippen molar-refractivity contribution in [2.24, 2.45) is 0 Å². The first-order valence-corrected chi connectivity index (χ1v) is 8.54. The molecule has 3 rings (SSSR count). The highest BCUT2D eigenvalue weighted by Gasteiger charge is 2.18. The van der Waals surface area contributed by atoms with Crippen LogP contribution in [-0.4, -0.2) is 23.1 Å². The fourth-order valence-electron chi connectivity index (χ4n) is 2.63. The maximum atomic E-state index is 13.2. The average molecular weight is 381 g/mol. The van der Waals surface area contributed by atoms with Crippen molar-refractivity contribution in [2.45, 2.75) is 0 Å². The Bertz CT molecular complexity index is 990. The molecule has 0 aromatic heterocycles. The van der Waals surface area contributed by atoms with E-state index in [1.54, 1.807) is 67.8 Å². The topological polar surface area (TPSA) is 66.8 Å². The van der Waals surface area contributed by atoms with Crippen LogP contribution in [0.25, 0.3) is 11.6 Å². The third-order valence-corrected chi connectivity index (χ3v) is 4.29. The minimum absolute atomic E-state index is 0.139. The van der Waals surface area contributed by atoms with Gasteiger partial charge in [0.1, 0.15) is 17.2 Å². The first-order chi connectivity index (χ1) is 13.0. The van der Waals surface area contributed by atoms with E-state index in [-0.39, 0.29) is 22.8 Å². The number of ketones is 1. The van der Waals surface area contributed by atoms with E-state index in [4.69, 9.17) is 16.3 Å². The van der Waals surface area contributed by atoms with Gasteiger partial charge < -0.3 is 14.9 Å². The van der Waals surface area contributed by atoms with Crippen LogP contribution in [0.1, 0.15) is 21.5 Å². The van der Waals surface area contributed by atoms with E-state index in [9.17, 15) is 15.0 Å². The highest BCUT2D eigenvalue weighted by molar-refractivity contribution is 6.34. The number of Topliss-reactive ketones (excluding diaryl/α,β-unsaturated/α-hetero) is 1. The minimum atomic E-state index is -0.345. The van der Waals surface area contributed by atoms with Crippen molar-refractivity contribution >= 4 is 29.0 Å². The van der Waals surface area contributed by atoms with Crippen molar-refractivity contribution < 1.29 is 19.7 Å². The van der Waals surface area contributed by atoms with Crippen LogP contribution in [-0.2, 0) is 0 Å². The molecule has 0 amide bonds. The van der Waals surface area contributed by atoms with Gasteiger partial charge in [-0.05, 0) is 59.7 Å². The van der Waals surface area contributed by atoms with Crippen molar-refractivity contribution in [1.82, 2.24) is 0 Å². The second kappa shape index (κ2) is 7.98. The van der Waals surface area contributed by atoms with Crippen LogP contribution in [0.4, 0.5) is 0 Å². The molecule has 0 atom stereocenters. The average Bonchev–Trinajstić information content (AvgIpc) is 2.67. The molecule has 3 aromatic rings. The summed E-state index contributed by atoms with van der Waals surface area (Å²) < 4.78 is 5.17. The third-order valence-electron chi connectivity index (χ3n) is 4.05. The molecule has 0 spiro atoms. The summed E-state index contributed by atoms with van der Waals surface area (Å²) >= 11 is 5.87. The lowest BCUT2D eigenvalue weighted by atomic mass is 9.94. The monoisotopic (exact) mass is 380 g/mol. The molecule has 0 aliphatic carbocycles. The molecule has 0 saturated heterocycles. The number of hydrogen-bond donors (Lipinski definition) is 2. The Hall–Kier alpha value is -3.24. The molecule has 0 saturated carbocycles. The summed E-state index contributed by atoms with van der Waals surface area (Å²) in [5, 5.41) is 20.0. The Morgan fingerprint density at radius 3 is 2.22 bits per heavy atom. The van der Waals surface area contributed by atoms with Gasteiger partial charge in [-0.1, -0.05) is 35.9 Å². The molecule has 5 heteroatoms. The largest absolute Gasteiger partial charge is 0.508 e. The van der Waals surface area contributed by atoms with E-state index >= 15 is 0 Å². The van der Waals surface area contributed by atoms with Gasteiger partial charge in [0.15, 0.2) is 5.78 Å². The van der Waals surface area contributed by atoms with Gasteiger partial charge in [-0.2, -0.15) is 0 Å². The first-order valence-electron chi connectivity index (χ1n) is 8.16. The molecular weight excluding hydrogens is 364 g/mol. The maximum absolute atomic E-state index is 13.2. The summed E-state index contributed by atoms with van der Waals surface area (Å²) in [6.45, 7) is 0. The number of phenols is 2. The van der Waals surface area contributed by atoms with Crippen LogP contribution in [0.5, 0.6) is 17.2 Å². The lowest BCUT2D eigenvalue weighted by molar-refractivity contribution is 0.105. The van der Waals surface area contributed by atoms with Gasteiger partial charge >= 0.3 is 0 Å². The molecule has 0 fully saturated rings. The summed E-state index contributed by atoms with van der Waals surface area (Å²) in [5.74, 6) is 0.282. The van der Waals surface area contributed by atoms with Gasteiger partial charge in [0.25, 0.3) is 0 Å². The molecule has 0 aliphatic rings. The van der Waals surface area contributed by atoms with Crippen LogP contribution in [0.3, 0.4) is 0 Å². The van der Waals surface area contributed by atoms with E-state index in [1.807, 2.05) is 0 Å². The normalized spacial score (nSPS) is 11.3. The second-order valence-corrected chi connectivity index (χ2v) is 6.31. The van der Waals surface area contributed by atoms with E-state index < -0.39 is 0 Å². The SMILES string of the molecule is COc1ccc(/C(=C\c2ccc(O)cc2)C(=O)c2ccc(Cl)cc2O)cc1. The molecule has 0 bridgehead atoms. The molecule has 0 heterocycles. The number of hydrogen-bond acceptors (Lipinski definition) is 4. The summed E-state index contributed by atoms with van der Waals surface area (Å²) in [6.07, 6.45) is 1.71. The molecule has 0 radical (unpaired) electrons. The predicted octanol–water partition coefficient (Wildman–Crippen LogP) is 5.18. The number of carbonyl (C=O) groups is 1. The Balaban J connectivity index is 2.10. The minimum Gasteiger partial charge on any atom is -0.508 e. The fourth-order valence-corrected chi connectivity index (χ4v) is 2.80. The van der Waals surface area contributed by atoms with Gasteiger partial charge in [-0.25, -0.2) is 0 Å². The number of ether oxygens (including phenoxy) is 1. The Morgan fingerprint density at radius 2 is 1.63 bits per heavy atom. The van der Waals surface area contributed by atoms with Gasteiger partial charge in [-0.3, -0.25) is 4.79 Å². The van der Waals surface area contributed by atoms with Crippen molar-refractivity contribution in [2.75, 3.05) is 7.11 Å². The molecule has 0 aliphatic heterocycles. The quantitative estimate of drug-likeness (QED) is 0.363. The summed E-state index contributed by atoms with van der Waals surface area (Å²) in [4.78, 5) is 13.2. The number of aromatic hydroxyl groups is 2. The zero-order chi connectivity index (χ0) is 19.4. The van der Waals surface area contributed by atoms with E-state index in [0.717, 1.165) is 5.56 Å². The lowest BCUT2D eigenvalue weighted by Crippen LogP contribution is -2.03. The van der Waals surface area contributed by atoms with Gasteiger partial charge in [0.2, 0.25) is 0 Å². The highest BCUT2D eigenvalue weighted by Crippen LogP contribution is 2.30. The smallest absolute Gasteiger partial charge is 0.197 e. The highest BCUT2D eigenvalue weighted by atomic mass is 35.5. The molecule has 27 heavy (non-hydrogen) atoms. The summed E-state index contributed by atoms with van der Waals surface area (Å²) in [7, 11) is 1.57. The molecule has 0 unspecified atom stereocenters. The molecule has 136 valence electrons. The van der Waals surface area contributed by atoms with Gasteiger partial charge in [0, 0.05) is 10.6 Å². The Kier molecular flexibility index (Phi) is 5.48. The van der Waals surface area contributed by atoms with Crippen LogP contribution in [0.15, 0.2) is 66.7 Å². The number of allylic oxidation sites excluding steroid dienone is 1. The number of phenolic OH excluding ortho intramolecular Hbond substituents is 2. The molecule has 3 aromatic carbocycles. The summed E-state index contributed by atoms with van der Waals surface area (Å²) in [6, 6.07) is 17.9. The Morgan fingerprint density at radius 1 is 0.963 bits per heavy atom. The third kappa shape index (κ3) is 4.30. The van der Waals surface area contributed by atoms with Crippen LogP contribution in [0, 0.1) is 0 Å². The number of benzene rings is 3. The summed E-state index contributed by atoms with van der Waals surface area (Å²) in [5.41, 5.74) is 1.95. The maximum Gasteiger partial charge on any atom is 0.197 e. The van der Waals surface area contributed by atoms with Crippen molar-refractivity contribution in [3.63, 3.8) is 0 Å². The van der Waals surface area contributed by atoms with Crippen molar-refractivity contribution in [3.8, 4) is 17.2 Å². The number of methoxy groups -OCH3 is 1. The molecule has 4 nitrogen and oxygen atoms in total. The molecule has 2 N–H and O–H groups in total. The molecular formula is C22H17ClO4. The number of halogens is 1. The zero-order valence-corrected chi connectivity index (χ0v) is 15.3. The number of carbonyl (C=O) groups excluding carboxylic acids is 1. The van der Waals surface area contributed by atoms with Gasteiger partial charge in [0.05, 0.1) is 12.7 Å². The van der Waals surface area contributed by atoms with Crippen molar-refractivity contribution in [1.29, 1.82) is 0 Å². The van der Waals surface area contributed by atoms with E-state index in [1.165, 1.54) is 12.1 Å². The number of rotatable bonds is 5. The standard InChI is InChI=1S/C22H17ClO4/c1-27-18-9-4-15(5-10-18)20(12-14-2-7-17(24)8-3-14)22(26)19-11-6-16(23)13-21(19)25/h2-13,24-25H,1H3/b20-12+. The van der Waals surface area contributed by atoms with Crippen LogP contribution >= 0.6 is 11.6 Å². The van der Waals surface area contributed by atoms with Crippen molar-refractivity contribution in [3.05, 3.63) is 88.4 Å². The van der Waals surface area contributed by atoms with E-state index in [0.29, 0.717) is 21.9 Å². The fraction of sp³-hybridized carbons (Fsp3) is 0.0455. The second-order valence-electron chi connectivity index (χ2n) is 5.87. The van der Waals surface area contributed by atoms with Crippen LogP contribution in [0.2, 0.25) is 5.02 Å². The zero-order valence-electron chi connectivity index (χ0n) is 14.5. The Labute approximate surface area is 161 Å². The predicted molar refractivity (Wildman–Crippen MR) is 106 cm³/mol. The lowest BCUT2D eigenvalue weighted by Gasteiger charge is -2.10.